The van der Waals surface area contributed by atoms with E-state index in [1.165, 1.54) is 30.2 Å². The third-order valence-corrected chi connectivity index (χ3v) is 8.26. The van der Waals surface area contributed by atoms with Gasteiger partial charge in [0.05, 0.1) is 5.52 Å². The Morgan fingerprint density at radius 1 is 1.03 bits per heavy atom. The number of pyridine rings is 2. The van der Waals surface area contributed by atoms with Gasteiger partial charge in [-0.1, -0.05) is 6.42 Å². The molecule has 0 atom stereocenters. The molecule has 190 valence electrons. The number of nitrogens with zero attached hydrogens (tertiary/aromatic N) is 5. The number of hydrogen-bond acceptors (Lipinski definition) is 6. The molecule has 1 saturated heterocycles. The molecule has 0 bridgehead atoms. The Kier molecular flexibility index (Phi) is 5.74. The van der Waals surface area contributed by atoms with Gasteiger partial charge in [0.25, 0.3) is 0 Å². The molecule has 1 fully saturated rings. The lowest BCUT2D eigenvalue weighted by Gasteiger charge is -2.26. The van der Waals surface area contributed by atoms with Crippen LogP contribution >= 0.6 is 11.3 Å². The van der Waals surface area contributed by atoms with Gasteiger partial charge in [-0.3, -0.25) is 15.0 Å². The summed E-state index contributed by atoms with van der Waals surface area (Å²) in [5, 5.41) is 7.95. The fourth-order valence-corrected chi connectivity index (χ4v) is 6.24. The van der Waals surface area contributed by atoms with E-state index in [9.17, 15) is 0 Å². The second kappa shape index (κ2) is 9.41. The summed E-state index contributed by atoms with van der Waals surface area (Å²) in [5.41, 5.74) is 6.18. The highest BCUT2D eigenvalue weighted by atomic mass is 32.1. The van der Waals surface area contributed by atoms with Gasteiger partial charge in [-0.25, -0.2) is 14.4 Å². The van der Waals surface area contributed by atoms with Gasteiger partial charge in [0.1, 0.15) is 11.2 Å². The fourth-order valence-electron chi connectivity index (χ4n) is 5.34. The zero-order chi connectivity index (χ0) is 25.6. The molecule has 0 unspecified atom stereocenters. The molecule has 9 heteroatoms. The van der Waals surface area contributed by atoms with Crippen molar-refractivity contribution in [1.82, 2.24) is 35.0 Å². The predicted octanol–water partition coefficient (Wildman–Crippen LogP) is 6.73. The molecule has 6 aromatic rings. The molecule has 0 saturated carbocycles. The van der Waals surface area contributed by atoms with Crippen LogP contribution in [0.2, 0.25) is 0 Å². The highest BCUT2D eigenvalue weighted by molar-refractivity contribution is 7.15. The first kappa shape index (κ1) is 23.2. The topological polar surface area (TPSA) is 86.4 Å². The predicted molar refractivity (Wildman–Crippen MR) is 149 cm³/mol. The van der Waals surface area contributed by atoms with Gasteiger partial charge >= 0.3 is 0 Å². The molecular weight excluding hydrogens is 497 g/mol. The number of nitrogens with one attached hydrogen (secondary N) is 2. The molecule has 6 heterocycles. The number of thiophene rings is 1. The summed E-state index contributed by atoms with van der Waals surface area (Å²) in [4.78, 5) is 21.9. The monoisotopic (exact) mass is 523 g/mol. The number of H-pyrrole nitrogens is 2. The molecule has 0 aliphatic carbocycles. The van der Waals surface area contributed by atoms with E-state index in [0.29, 0.717) is 22.6 Å². The lowest BCUT2D eigenvalue weighted by atomic mass is 10.0. The summed E-state index contributed by atoms with van der Waals surface area (Å²) in [6, 6.07) is 11.8. The van der Waals surface area contributed by atoms with Gasteiger partial charge in [0.2, 0.25) is 0 Å². The zero-order valence-electron chi connectivity index (χ0n) is 21.0. The SMILES string of the molecule is Cc1ccc(-c2ccnc3nc(-c4[nH]nc5c(F)cc(-c6cncc(CN7CCCCC7)c6)cc45)[nH]c23)s1. The van der Waals surface area contributed by atoms with Gasteiger partial charge in [-0.15, -0.1) is 11.3 Å². The Morgan fingerprint density at radius 2 is 1.92 bits per heavy atom. The Balaban J connectivity index is 1.29. The Morgan fingerprint density at radius 3 is 2.76 bits per heavy atom. The maximum atomic E-state index is 15.3. The average molecular weight is 524 g/mol. The van der Waals surface area contributed by atoms with Crippen LogP contribution in [0.5, 0.6) is 0 Å². The van der Waals surface area contributed by atoms with E-state index in [1.54, 1.807) is 23.7 Å². The molecule has 38 heavy (non-hydrogen) atoms. The van der Waals surface area contributed by atoms with Crippen molar-refractivity contribution in [2.45, 2.75) is 32.7 Å². The van der Waals surface area contributed by atoms with E-state index in [1.807, 2.05) is 18.3 Å². The number of aromatic amines is 2. The first-order valence-corrected chi connectivity index (χ1v) is 13.7. The number of aryl methyl sites for hydroxylation is 1. The molecule has 5 aromatic heterocycles. The van der Waals surface area contributed by atoms with Crippen LogP contribution in [0.25, 0.3) is 55.2 Å². The summed E-state index contributed by atoms with van der Waals surface area (Å²) in [5.74, 6) is 0.190. The molecule has 0 spiro atoms. The van der Waals surface area contributed by atoms with E-state index < -0.39 is 0 Å². The van der Waals surface area contributed by atoms with Crippen LogP contribution < -0.4 is 0 Å². The number of halogens is 1. The molecule has 0 amide bonds. The number of piperidine rings is 1. The lowest BCUT2D eigenvalue weighted by Crippen LogP contribution is -2.29. The van der Waals surface area contributed by atoms with Crippen molar-refractivity contribution in [3.05, 3.63) is 71.2 Å². The quantitative estimate of drug-likeness (QED) is 0.262. The Hall–Kier alpha value is -3.95. The number of fused-ring (bicyclic) bond motifs is 2. The summed E-state index contributed by atoms with van der Waals surface area (Å²) >= 11 is 1.72. The van der Waals surface area contributed by atoms with Crippen LogP contribution in [0.15, 0.2) is 55.0 Å². The Labute approximate surface area is 222 Å². The highest BCUT2D eigenvalue weighted by Gasteiger charge is 2.19. The number of likely N-dealkylation sites (tertiary alicyclic amines) is 1. The van der Waals surface area contributed by atoms with Crippen molar-refractivity contribution in [1.29, 1.82) is 0 Å². The molecule has 1 aliphatic heterocycles. The third kappa shape index (κ3) is 4.17. The number of rotatable bonds is 5. The molecule has 7 rings (SSSR count). The Bertz CT molecular complexity index is 1780. The second-order valence-corrected chi connectivity index (χ2v) is 11.2. The minimum atomic E-state index is -0.384. The largest absolute Gasteiger partial charge is 0.335 e. The number of benzene rings is 1. The van der Waals surface area contributed by atoms with Crippen molar-refractivity contribution >= 4 is 33.4 Å². The van der Waals surface area contributed by atoms with Gasteiger partial charge in [0, 0.05) is 51.4 Å². The van der Waals surface area contributed by atoms with Crippen LogP contribution in [0.4, 0.5) is 4.39 Å². The van der Waals surface area contributed by atoms with Crippen LogP contribution in [-0.4, -0.2) is 48.1 Å². The lowest BCUT2D eigenvalue weighted by molar-refractivity contribution is 0.220. The van der Waals surface area contributed by atoms with Gasteiger partial charge < -0.3 is 4.98 Å². The maximum Gasteiger partial charge on any atom is 0.178 e. The number of aromatic nitrogens is 6. The molecular formula is C29H26FN7S. The number of hydrogen-bond donors (Lipinski definition) is 2. The average Bonchev–Trinajstić information content (AvgIpc) is 3.67. The minimum Gasteiger partial charge on any atom is -0.335 e. The van der Waals surface area contributed by atoms with Crippen LogP contribution in [0, 0.1) is 12.7 Å². The molecule has 1 aliphatic rings. The zero-order valence-corrected chi connectivity index (χ0v) is 21.8. The maximum absolute atomic E-state index is 15.3. The van der Waals surface area contributed by atoms with E-state index >= 15 is 4.39 Å². The molecule has 7 nitrogen and oxygen atoms in total. The number of imidazole rings is 1. The van der Waals surface area contributed by atoms with Crippen LogP contribution in [0.1, 0.15) is 29.7 Å². The van der Waals surface area contributed by atoms with Crippen molar-refractivity contribution in [3.63, 3.8) is 0 Å². The smallest absolute Gasteiger partial charge is 0.178 e. The molecule has 2 N–H and O–H groups in total. The van der Waals surface area contributed by atoms with Crippen LogP contribution in [-0.2, 0) is 6.54 Å². The minimum absolute atomic E-state index is 0.281. The first-order chi connectivity index (χ1) is 18.6. The standard InChI is InChI=1S/C29H26FN7S/c1-17-5-6-24(38-17)21-7-8-32-28-26(21)33-29(34-28)27-22-12-19(13-23(30)25(22)35-36-27)20-11-18(14-31-15-20)16-37-9-3-2-4-10-37/h5-8,11-15H,2-4,9-10,16H2,1H3,(H,35,36)(H,32,33,34). The van der Waals surface area contributed by atoms with E-state index in [4.69, 9.17) is 4.98 Å². The summed E-state index contributed by atoms with van der Waals surface area (Å²) in [7, 11) is 0. The highest BCUT2D eigenvalue weighted by Crippen LogP contribution is 2.35. The summed E-state index contributed by atoms with van der Waals surface area (Å²) in [6.45, 7) is 5.18. The van der Waals surface area contributed by atoms with E-state index in [0.717, 1.165) is 52.3 Å². The first-order valence-electron chi connectivity index (χ1n) is 12.9. The summed E-state index contributed by atoms with van der Waals surface area (Å²) in [6.07, 6.45) is 9.25. The van der Waals surface area contributed by atoms with E-state index in [2.05, 4.69) is 55.2 Å². The van der Waals surface area contributed by atoms with Crippen LogP contribution in [0.3, 0.4) is 0 Å². The van der Waals surface area contributed by atoms with Crippen molar-refractivity contribution in [2.75, 3.05) is 13.1 Å². The van der Waals surface area contributed by atoms with Crippen molar-refractivity contribution < 1.29 is 4.39 Å². The van der Waals surface area contributed by atoms with Gasteiger partial charge in [-0.05, 0) is 80.4 Å². The van der Waals surface area contributed by atoms with E-state index in [-0.39, 0.29) is 11.3 Å². The van der Waals surface area contributed by atoms with Gasteiger partial charge in [-0.2, -0.15) is 5.10 Å². The normalized spacial score (nSPS) is 14.6. The molecule has 1 aromatic carbocycles. The second-order valence-electron chi connectivity index (χ2n) is 9.92. The van der Waals surface area contributed by atoms with Crippen molar-refractivity contribution in [3.8, 4) is 33.1 Å². The third-order valence-electron chi connectivity index (χ3n) is 7.23. The fraction of sp³-hybridized carbons (Fsp3) is 0.241. The molecule has 0 radical (unpaired) electrons. The van der Waals surface area contributed by atoms with Gasteiger partial charge in [0.15, 0.2) is 17.3 Å². The van der Waals surface area contributed by atoms with Crippen molar-refractivity contribution in [2.24, 2.45) is 0 Å². The summed E-state index contributed by atoms with van der Waals surface area (Å²) < 4.78 is 15.3.